The number of hydrogen-bond donors (Lipinski definition) is 0. The zero-order valence-corrected chi connectivity index (χ0v) is 14.5. The molecule has 0 atom stereocenters. The fraction of sp³-hybridized carbons (Fsp3) is 0.316. The SMILES string of the molecule is COC(=O)CCN(Cc1ccccn1)C(=O)Cc1ccc(OC)cc1. The van der Waals surface area contributed by atoms with Gasteiger partial charge < -0.3 is 14.4 Å². The molecule has 6 nitrogen and oxygen atoms in total. The van der Waals surface area contributed by atoms with Crippen molar-refractivity contribution in [1.29, 1.82) is 0 Å². The Balaban J connectivity index is 2.05. The van der Waals surface area contributed by atoms with Gasteiger partial charge in [0.05, 0.1) is 39.3 Å². The first-order chi connectivity index (χ1) is 12.1. The van der Waals surface area contributed by atoms with Gasteiger partial charge in [0, 0.05) is 12.7 Å². The second-order valence-corrected chi connectivity index (χ2v) is 5.49. The molecular weight excluding hydrogens is 320 g/mol. The smallest absolute Gasteiger partial charge is 0.307 e. The largest absolute Gasteiger partial charge is 0.497 e. The van der Waals surface area contributed by atoms with Crippen molar-refractivity contribution in [2.24, 2.45) is 0 Å². The van der Waals surface area contributed by atoms with Crippen molar-refractivity contribution in [3.05, 3.63) is 59.9 Å². The van der Waals surface area contributed by atoms with Gasteiger partial charge in [-0.25, -0.2) is 0 Å². The Bertz CT molecular complexity index is 686. The lowest BCUT2D eigenvalue weighted by atomic mass is 10.1. The molecule has 0 unspecified atom stereocenters. The van der Waals surface area contributed by atoms with Crippen LogP contribution in [0.4, 0.5) is 0 Å². The summed E-state index contributed by atoms with van der Waals surface area (Å²) in [5.41, 5.74) is 1.66. The molecule has 132 valence electrons. The number of amides is 1. The summed E-state index contributed by atoms with van der Waals surface area (Å²) in [4.78, 5) is 30.0. The second kappa shape index (κ2) is 9.42. The summed E-state index contributed by atoms with van der Waals surface area (Å²) in [7, 11) is 2.94. The van der Waals surface area contributed by atoms with Crippen LogP contribution in [0.2, 0.25) is 0 Å². The maximum absolute atomic E-state index is 12.7. The van der Waals surface area contributed by atoms with Gasteiger partial charge in [0.1, 0.15) is 5.75 Å². The number of rotatable bonds is 8. The molecule has 0 bridgehead atoms. The first kappa shape index (κ1) is 18.4. The number of pyridine rings is 1. The van der Waals surface area contributed by atoms with Crippen LogP contribution in [0.5, 0.6) is 5.75 Å². The first-order valence-electron chi connectivity index (χ1n) is 8.00. The predicted octanol–water partition coefficient (Wildman–Crippen LogP) is 2.22. The van der Waals surface area contributed by atoms with E-state index in [1.807, 2.05) is 42.5 Å². The Labute approximate surface area is 147 Å². The zero-order valence-electron chi connectivity index (χ0n) is 14.5. The molecule has 6 heteroatoms. The van der Waals surface area contributed by atoms with Crippen molar-refractivity contribution in [2.45, 2.75) is 19.4 Å². The molecule has 2 aromatic rings. The summed E-state index contributed by atoms with van der Waals surface area (Å²) in [6, 6.07) is 12.9. The van der Waals surface area contributed by atoms with Gasteiger partial charge >= 0.3 is 5.97 Å². The summed E-state index contributed by atoms with van der Waals surface area (Å²) in [6.07, 6.45) is 2.08. The summed E-state index contributed by atoms with van der Waals surface area (Å²) >= 11 is 0. The fourth-order valence-corrected chi connectivity index (χ4v) is 2.34. The van der Waals surface area contributed by atoms with Gasteiger partial charge in [-0.15, -0.1) is 0 Å². The zero-order chi connectivity index (χ0) is 18.1. The van der Waals surface area contributed by atoms with Crippen LogP contribution in [-0.2, 0) is 27.3 Å². The molecule has 0 N–H and O–H groups in total. The molecule has 0 aliphatic carbocycles. The van der Waals surface area contributed by atoms with Crippen LogP contribution < -0.4 is 4.74 Å². The van der Waals surface area contributed by atoms with Gasteiger partial charge in [-0.3, -0.25) is 14.6 Å². The molecule has 0 aliphatic rings. The minimum Gasteiger partial charge on any atom is -0.497 e. The molecule has 0 saturated carbocycles. The summed E-state index contributed by atoms with van der Waals surface area (Å²) in [5, 5.41) is 0. The highest BCUT2D eigenvalue weighted by atomic mass is 16.5. The van der Waals surface area contributed by atoms with Crippen LogP contribution >= 0.6 is 0 Å². The van der Waals surface area contributed by atoms with E-state index in [-0.39, 0.29) is 31.3 Å². The highest BCUT2D eigenvalue weighted by Crippen LogP contribution is 2.13. The molecule has 1 heterocycles. The number of ether oxygens (including phenoxy) is 2. The van der Waals surface area contributed by atoms with Crippen molar-refractivity contribution in [3.63, 3.8) is 0 Å². The topological polar surface area (TPSA) is 68.7 Å². The monoisotopic (exact) mass is 342 g/mol. The maximum Gasteiger partial charge on any atom is 0.307 e. The van der Waals surface area contributed by atoms with Gasteiger partial charge in [-0.05, 0) is 29.8 Å². The van der Waals surface area contributed by atoms with Crippen molar-refractivity contribution in [2.75, 3.05) is 20.8 Å². The lowest BCUT2D eigenvalue weighted by Crippen LogP contribution is -2.34. The Morgan fingerprint density at radius 3 is 2.44 bits per heavy atom. The molecule has 25 heavy (non-hydrogen) atoms. The molecule has 0 radical (unpaired) electrons. The summed E-state index contributed by atoms with van der Waals surface area (Å²) in [5.74, 6) is 0.329. The minimum atomic E-state index is -0.344. The number of carbonyl (C=O) groups excluding carboxylic acids is 2. The lowest BCUT2D eigenvalue weighted by molar-refractivity contribution is -0.141. The van der Waals surface area contributed by atoms with E-state index in [9.17, 15) is 9.59 Å². The van der Waals surface area contributed by atoms with E-state index in [0.29, 0.717) is 6.54 Å². The van der Waals surface area contributed by atoms with Crippen LogP contribution in [0, 0.1) is 0 Å². The quantitative estimate of drug-likeness (QED) is 0.688. The Hall–Kier alpha value is -2.89. The van der Waals surface area contributed by atoms with Crippen LogP contribution in [0.3, 0.4) is 0 Å². The molecule has 2 rings (SSSR count). The second-order valence-electron chi connectivity index (χ2n) is 5.49. The van der Waals surface area contributed by atoms with Gasteiger partial charge in [-0.2, -0.15) is 0 Å². The molecule has 0 aliphatic heterocycles. The molecule has 0 fully saturated rings. The summed E-state index contributed by atoms with van der Waals surface area (Å²) < 4.78 is 9.79. The molecule has 1 aromatic heterocycles. The lowest BCUT2D eigenvalue weighted by Gasteiger charge is -2.22. The third-order valence-corrected chi connectivity index (χ3v) is 3.76. The van der Waals surface area contributed by atoms with Crippen molar-refractivity contribution in [1.82, 2.24) is 9.88 Å². The number of esters is 1. The van der Waals surface area contributed by atoms with Gasteiger partial charge in [0.15, 0.2) is 0 Å². The van der Waals surface area contributed by atoms with E-state index in [2.05, 4.69) is 9.72 Å². The maximum atomic E-state index is 12.7. The van der Waals surface area contributed by atoms with Crippen molar-refractivity contribution < 1.29 is 19.1 Å². The number of carbonyl (C=O) groups is 2. The van der Waals surface area contributed by atoms with E-state index in [1.54, 1.807) is 18.2 Å². The number of hydrogen-bond acceptors (Lipinski definition) is 5. The van der Waals surface area contributed by atoms with Crippen LogP contribution in [0.1, 0.15) is 17.7 Å². The normalized spacial score (nSPS) is 10.2. The number of nitrogens with zero attached hydrogens (tertiary/aromatic N) is 2. The van der Waals surface area contributed by atoms with E-state index in [4.69, 9.17) is 4.74 Å². The van der Waals surface area contributed by atoms with Gasteiger partial charge in [0.25, 0.3) is 0 Å². The molecule has 0 saturated heterocycles. The highest BCUT2D eigenvalue weighted by Gasteiger charge is 2.17. The summed E-state index contributed by atoms with van der Waals surface area (Å²) in [6.45, 7) is 0.644. The molecular formula is C19H22N2O4. The third kappa shape index (κ3) is 5.91. The standard InChI is InChI=1S/C19H22N2O4/c1-24-17-8-6-15(7-9-17)13-18(22)21(12-10-19(23)25-2)14-16-5-3-4-11-20-16/h3-9,11H,10,12-14H2,1-2H3. The van der Waals surface area contributed by atoms with Gasteiger partial charge in [-0.1, -0.05) is 18.2 Å². The first-order valence-corrected chi connectivity index (χ1v) is 8.00. The number of benzene rings is 1. The van der Waals surface area contributed by atoms with Crippen molar-refractivity contribution in [3.8, 4) is 5.75 Å². The third-order valence-electron chi connectivity index (χ3n) is 3.76. The van der Waals surface area contributed by atoms with Gasteiger partial charge in [0.2, 0.25) is 5.91 Å². The average Bonchev–Trinajstić information content (AvgIpc) is 2.66. The molecule has 0 spiro atoms. The van der Waals surface area contributed by atoms with E-state index < -0.39 is 0 Å². The minimum absolute atomic E-state index is 0.0697. The number of methoxy groups -OCH3 is 2. The van der Waals surface area contributed by atoms with Crippen molar-refractivity contribution >= 4 is 11.9 Å². The molecule has 1 aromatic carbocycles. The molecule has 1 amide bonds. The average molecular weight is 342 g/mol. The predicted molar refractivity (Wildman–Crippen MR) is 93.0 cm³/mol. The van der Waals surface area contributed by atoms with E-state index in [0.717, 1.165) is 17.0 Å². The Morgan fingerprint density at radius 2 is 1.84 bits per heavy atom. The Kier molecular flexibility index (Phi) is 6.95. The Morgan fingerprint density at radius 1 is 1.08 bits per heavy atom. The highest BCUT2D eigenvalue weighted by molar-refractivity contribution is 5.79. The number of aromatic nitrogens is 1. The fourth-order valence-electron chi connectivity index (χ4n) is 2.34. The van der Waals surface area contributed by atoms with E-state index in [1.165, 1.54) is 7.11 Å². The van der Waals surface area contributed by atoms with E-state index >= 15 is 0 Å². The van der Waals surface area contributed by atoms with Crippen LogP contribution in [0.25, 0.3) is 0 Å². The van der Waals surface area contributed by atoms with Crippen LogP contribution in [0.15, 0.2) is 48.7 Å². The van der Waals surface area contributed by atoms with Crippen LogP contribution in [-0.4, -0.2) is 42.5 Å².